The van der Waals surface area contributed by atoms with E-state index in [4.69, 9.17) is 14.2 Å². The third-order valence-corrected chi connectivity index (χ3v) is 7.67. The van der Waals surface area contributed by atoms with Crippen LogP contribution in [0.2, 0.25) is 0 Å². The summed E-state index contributed by atoms with van der Waals surface area (Å²) in [4.78, 5) is 16.1. The van der Waals surface area contributed by atoms with Crippen LogP contribution in [0.1, 0.15) is 69.5 Å². The number of unbranched alkanes of at least 4 members (excludes halogenated alkanes) is 1. The highest BCUT2D eigenvalue weighted by Crippen LogP contribution is 2.39. The first-order chi connectivity index (χ1) is 19.4. The molecule has 0 aliphatic carbocycles. The van der Waals surface area contributed by atoms with E-state index in [1.165, 1.54) is 27.8 Å². The Morgan fingerprint density at radius 2 is 1.26 bits per heavy atom. The summed E-state index contributed by atoms with van der Waals surface area (Å²) in [5.74, 6) is 1.36. The van der Waals surface area contributed by atoms with Crippen molar-refractivity contribution >= 4 is 5.91 Å². The molecule has 0 fully saturated rings. The van der Waals surface area contributed by atoms with Crippen molar-refractivity contribution in [1.29, 1.82) is 0 Å². The second-order valence-corrected chi connectivity index (χ2v) is 12.0. The number of nitrogens with zero attached hydrogens (tertiary/aromatic N) is 2. The summed E-state index contributed by atoms with van der Waals surface area (Å²) < 4.78 is 17.5. The van der Waals surface area contributed by atoms with Crippen molar-refractivity contribution < 1.29 is 40.5 Å². The van der Waals surface area contributed by atoms with E-state index < -0.39 is 0 Å². The van der Waals surface area contributed by atoms with Crippen molar-refractivity contribution in [3.05, 3.63) is 87.5 Å². The summed E-state index contributed by atoms with van der Waals surface area (Å²) in [6, 6.07) is 16.7. The van der Waals surface area contributed by atoms with Crippen LogP contribution in [0, 0.1) is 27.7 Å². The molecule has 42 heavy (non-hydrogen) atoms. The van der Waals surface area contributed by atoms with E-state index in [1.54, 1.807) is 33.5 Å². The first-order valence-electron chi connectivity index (χ1n) is 14.5. The van der Waals surface area contributed by atoms with Crippen LogP contribution >= 0.6 is 0 Å². The van der Waals surface area contributed by atoms with Crippen LogP contribution in [0.25, 0.3) is 0 Å². The van der Waals surface area contributed by atoms with Gasteiger partial charge >= 0.3 is 0 Å². The molecule has 0 heterocycles. The smallest absolute Gasteiger partial charge is 0.254 e. The number of carbonyl (C=O) groups is 1. The number of halogens is 1. The second-order valence-electron chi connectivity index (χ2n) is 12.0. The van der Waals surface area contributed by atoms with Gasteiger partial charge in [0.05, 0.1) is 48.0 Å². The lowest BCUT2D eigenvalue weighted by atomic mass is 10.00. The Balaban J connectivity index is 0.00000616. The van der Waals surface area contributed by atoms with Gasteiger partial charge in [-0.1, -0.05) is 58.7 Å². The molecule has 3 aromatic rings. The molecular weight excluding hydrogens is 592 g/mol. The molecule has 0 bridgehead atoms. The fourth-order valence-electron chi connectivity index (χ4n) is 5.83. The molecule has 0 N–H and O–H groups in total. The van der Waals surface area contributed by atoms with Crippen LogP contribution in [0.4, 0.5) is 0 Å². The molecule has 1 amide bonds. The minimum atomic E-state index is -0.0991. The normalized spacial score (nSPS) is 11.9. The zero-order valence-electron chi connectivity index (χ0n) is 27.1. The van der Waals surface area contributed by atoms with Crippen LogP contribution in [0.3, 0.4) is 0 Å². The topological polar surface area (TPSA) is 48.0 Å². The molecule has 3 aromatic carbocycles. The molecule has 0 aromatic heterocycles. The molecule has 0 spiro atoms. The Kier molecular flexibility index (Phi) is 12.9. The molecule has 0 aliphatic rings. The van der Waals surface area contributed by atoms with Gasteiger partial charge in [-0.2, -0.15) is 0 Å². The van der Waals surface area contributed by atoms with Crippen molar-refractivity contribution in [1.82, 2.24) is 4.90 Å². The number of aryl methyl sites for hydroxylation is 4. The Bertz CT molecular complexity index is 1290. The van der Waals surface area contributed by atoms with Crippen LogP contribution in [-0.2, 0) is 6.54 Å². The van der Waals surface area contributed by atoms with Gasteiger partial charge in [-0.25, -0.2) is 0 Å². The number of hydrogen-bond acceptors (Lipinski definition) is 4. The van der Waals surface area contributed by atoms with E-state index in [9.17, 15) is 4.79 Å². The van der Waals surface area contributed by atoms with E-state index >= 15 is 0 Å². The minimum absolute atomic E-state index is 0. The van der Waals surface area contributed by atoms with E-state index in [1.807, 2.05) is 4.90 Å². The van der Waals surface area contributed by atoms with Gasteiger partial charge in [0.15, 0.2) is 11.5 Å². The van der Waals surface area contributed by atoms with Gasteiger partial charge in [0, 0.05) is 17.7 Å². The van der Waals surface area contributed by atoms with E-state index in [-0.39, 0.29) is 28.9 Å². The van der Waals surface area contributed by atoms with Crippen LogP contribution < -0.4 is 31.2 Å². The standard InChI is InChI=1S/C35H49N2O4.BrH/c1-24-15-25(2)18-29(17-24)23-37(6,7)14-12-11-13-36(28(5)30-19-26(3)16-27(4)20-30)35(38)31-21-32(39-8)34(41-10)33(22-31)40-9;/h15-22,28H,11-14,23H2,1-10H3;1H/q+1;/p-1. The van der Waals surface area contributed by atoms with Crippen molar-refractivity contribution in [2.24, 2.45) is 0 Å². The first-order valence-corrected chi connectivity index (χ1v) is 14.5. The maximum absolute atomic E-state index is 14.1. The van der Waals surface area contributed by atoms with Crippen LogP contribution in [0.5, 0.6) is 17.2 Å². The monoisotopic (exact) mass is 640 g/mol. The lowest BCUT2D eigenvalue weighted by molar-refractivity contribution is -0.903. The molecule has 230 valence electrons. The largest absolute Gasteiger partial charge is 1.00 e. The van der Waals surface area contributed by atoms with Gasteiger partial charge in [-0.15, -0.1) is 0 Å². The van der Waals surface area contributed by atoms with E-state index in [0.717, 1.165) is 36.0 Å². The lowest BCUT2D eigenvalue weighted by Crippen LogP contribution is -3.00. The molecule has 1 unspecified atom stereocenters. The number of ether oxygens (including phenoxy) is 3. The van der Waals surface area contributed by atoms with Gasteiger partial charge in [-0.05, 0) is 65.2 Å². The average molecular weight is 642 g/mol. The third kappa shape index (κ3) is 9.23. The van der Waals surface area contributed by atoms with E-state index in [2.05, 4.69) is 85.1 Å². The fraction of sp³-hybridized carbons (Fsp3) is 0.457. The van der Waals surface area contributed by atoms with Gasteiger partial charge in [0.1, 0.15) is 6.54 Å². The molecule has 0 saturated carbocycles. The molecule has 7 heteroatoms. The van der Waals surface area contributed by atoms with Crippen molar-refractivity contribution in [2.45, 2.75) is 60.0 Å². The molecule has 3 rings (SSSR count). The number of methoxy groups -OCH3 is 3. The summed E-state index contributed by atoms with van der Waals surface area (Å²) in [6.07, 6.45) is 1.91. The Morgan fingerprint density at radius 3 is 1.74 bits per heavy atom. The summed E-state index contributed by atoms with van der Waals surface area (Å²) in [5, 5.41) is 0. The molecule has 0 saturated heterocycles. The molecule has 0 radical (unpaired) electrons. The highest BCUT2D eigenvalue weighted by Gasteiger charge is 2.26. The van der Waals surface area contributed by atoms with Crippen molar-refractivity contribution in [3.8, 4) is 17.2 Å². The van der Waals surface area contributed by atoms with Crippen LogP contribution in [-0.4, -0.2) is 63.8 Å². The number of hydrogen-bond donors (Lipinski definition) is 0. The SMILES string of the molecule is COc1cc(C(=O)N(CCCC[N+](C)(C)Cc2cc(C)cc(C)c2)C(C)c2cc(C)cc(C)c2)cc(OC)c1OC.[Br-]. The lowest BCUT2D eigenvalue weighted by Gasteiger charge is -2.32. The fourth-order valence-corrected chi connectivity index (χ4v) is 5.83. The van der Waals surface area contributed by atoms with Gasteiger partial charge in [0.25, 0.3) is 5.91 Å². The summed E-state index contributed by atoms with van der Waals surface area (Å²) in [6.45, 7) is 13.3. The number of benzene rings is 3. The Morgan fingerprint density at radius 1 is 0.762 bits per heavy atom. The summed E-state index contributed by atoms with van der Waals surface area (Å²) in [5.41, 5.74) is 8.02. The predicted octanol–water partition coefficient (Wildman–Crippen LogP) is 4.21. The number of quaternary nitrogens is 1. The van der Waals surface area contributed by atoms with Gasteiger partial charge in [0.2, 0.25) is 5.75 Å². The zero-order valence-corrected chi connectivity index (χ0v) is 28.7. The highest BCUT2D eigenvalue weighted by molar-refractivity contribution is 5.96. The number of carbonyl (C=O) groups excluding carboxylic acids is 1. The molecular formula is C35H49BrN2O4. The summed E-state index contributed by atoms with van der Waals surface area (Å²) >= 11 is 0. The third-order valence-electron chi connectivity index (χ3n) is 7.67. The molecule has 0 aliphatic heterocycles. The zero-order chi connectivity index (χ0) is 30.3. The number of amides is 1. The molecule has 1 atom stereocenters. The maximum atomic E-state index is 14.1. The summed E-state index contributed by atoms with van der Waals surface area (Å²) in [7, 11) is 9.28. The minimum Gasteiger partial charge on any atom is -1.00 e. The maximum Gasteiger partial charge on any atom is 0.254 e. The quantitative estimate of drug-likeness (QED) is 0.208. The number of rotatable bonds is 13. The predicted molar refractivity (Wildman–Crippen MR) is 167 cm³/mol. The van der Waals surface area contributed by atoms with Crippen molar-refractivity contribution in [2.75, 3.05) is 48.5 Å². The molecule has 6 nitrogen and oxygen atoms in total. The van der Waals surface area contributed by atoms with E-state index in [0.29, 0.717) is 29.4 Å². The van der Waals surface area contributed by atoms with Gasteiger partial charge < -0.3 is 40.6 Å². The van der Waals surface area contributed by atoms with Gasteiger partial charge in [-0.3, -0.25) is 4.79 Å². The Labute approximate surface area is 263 Å². The Hall–Kier alpha value is -3.03. The highest BCUT2D eigenvalue weighted by atomic mass is 79.9. The van der Waals surface area contributed by atoms with Crippen LogP contribution in [0.15, 0.2) is 48.5 Å². The first kappa shape index (κ1) is 35.2. The average Bonchev–Trinajstić information content (AvgIpc) is 2.90. The van der Waals surface area contributed by atoms with Crippen molar-refractivity contribution in [3.63, 3.8) is 0 Å². The second kappa shape index (κ2) is 15.4.